The molecule has 2 aromatic rings. The Balaban J connectivity index is 1.47. The van der Waals surface area contributed by atoms with Crippen LogP contribution in [0.1, 0.15) is 28.8 Å². The highest BCUT2D eigenvalue weighted by molar-refractivity contribution is 7.92. The van der Waals surface area contributed by atoms with Gasteiger partial charge in [0.05, 0.1) is 10.6 Å². The van der Waals surface area contributed by atoms with Gasteiger partial charge >= 0.3 is 0 Å². The molecule has 1 amide bonds. The zero-order chi connectivity index (χ0) is 23.1. The third-order valence-corrected chi connectivity index (χ3v) is 7.75. The average Bonchev–Trinajstić information content (AvgIpc) is 2.80. The summed E-state index contributed by atoms with van der Waals surface area (Å²) in [6.45, 7) is 8.09. The van der Waals surface area contributed by atoms with Crippen molar-refractivity contribution >= 4 is 21.6 Å². The highest BCUT2D eigenvalue weighted by Gasteiger charge is 2.21. The molecule has 0 saturated carbocycles. The Hall–Kier alpha value is -2.42. The molecule has 0 aromatic heterocycles. The number of hydrogen-bond donors (Lipinski definition) is 1. The number of benzene rings is 2. The van der Waals surface area contributed by atoms with E-state index in [1.54, 1.807) is 48.5 Å². The summed E-state index contributed by atoms with van der Waals surface area (Å²) in [7, 11) is 0.0229. The van der Waals surface area contributed by atoms with Gasteiger partial charge in [-0.2, -0.15) is 0 Å². The van der Waals surface area contributed by atoms with Crippen LogP contribution in [-0.2, 0) is 10.0 Å². The maximum atomic E-state index is 12.8. The summed E-state index contributed by atoms with van der Waals surface area (Å²) >= 11 is 0. The molecule has 0 unspecified atom stereocenters. The summed E-state index contributed by atoms with van der Waals surface area (Å²) in [5, 5.41) is 2.96. The van der Waals surface area contributed by atoms with Crippen LogP contribution in [0.4, 0.5) is 5.69 Å². The minimum Gasteiger partial charge on any atom is -0.352 e. The predicted octanol–water partition coefficient (Wildman–Crippen LogP) is 2.58. The van der Waals surface area contributed by atoms with Gasteiger partial charge in [-0.1, -0.05) is 17.7 Å². The number of nitrogens with zero attached hydrogens (tertiary/aromatic N) is 3. The van der Waals surface area contributed by atoms with E-state index < -0.39 is 10.0 Å². The van der Waals surface area contributed by atoms with Crippen LogP contribution in [0.5, 0.6) is 0 Å². The van der Waals surface area contributed by atoms with Gasteiger partial charge in [0.2, 0.25) is 0 Å². The van der Waals surface area contributed by atoms with Gasteiger partial charge < -0.3 is 15.1 Å². The van der Waals surface area contributed by atoms with Crippen molar-refractivity contribution in [2.45, 2.75) is 24.7 Å². The number of aryl methyl sites for hydroxylation is 1. The van der Waals surface area contributed by atoms with Crippen LogP contribution in [0.25, 0.3) is 0 Å². The summed E-state index contributed by atoms with van der Waals surface area (Å²) < 4.78 is 26.9. The lowest BCUT2D eigenvalue weighted by Crippen LogP contribution is -2.44. The van der Waals surface area contributed by atoms with Crippen LogP contribution in [0.3, 0.4) is 0 Å². The highest BCUT2D eigenvalue weighted by atomic mass is 32.2. The van der Waals surface area contributed by atoms with Gasteiger partial charge in [0.15, 0.2) is 0 Å². The van der Waals surface area contributed by atoms with E-state index in [9.17, 15) is 13.2 Å². The van der Waals surface area contributed by atoms with E-state index in [4.69, 9.17) is 0 Å². The van der Waals surface area contributed by atoms with Gasteiger partial charge in [-0.05, 0) is 69.8 Å². The van der Waals surface area contributed by atoms with Crippen LogP contribution in [0.2, 0.25) is 0 Å². The monoisotopic (exact) mass is 458 g/mol. The molecule has 1 saturated heterocycles. The molecule has 1 aliphatic heterocycles. The molecule has 1 fully saturated rings. The Bertz CT molecular complexity index is 983. The molecule has 3 rings (SSSR count). The van der Waals surface area contributed by atoms with E-state index in [0.717, 1.165) is 51.1 Å². The Labute approximate surface area is 192 Å². The molecule has 7 nitrogen and oxygen atoms in total. The van der Waals surface area contributed by atoms with Gasteiger partial charge in [-0.3, -0.25) is 9.10 Å². The topological polar surface area (TPSA) is 73.0 Å². The number of nitrogens with one attached hydrogen (secondary N) is 1. The third-order valence-electron chi connectivity index (χ3n) is 5.96. The maximum absolute atomic E-state index is 12.8. The van der Waals surface area contributed by atoms with E-state index in [1.165, 1.54) is 11.4 Å². The number of unbranched alkanes of at least 4 members (excludes halogenated alkanes) is 1. The molecule has 0 radical (unpaired) electrons. The Kier molecular flexibility index (Phi) is 8.28. The predicted molar refractivity (Wildman–Crippen MR) is 129 cm³/mol. The van der Waals surface area contributed by atoms with E-state index >= 15 is 0 Å². The van der Waals surface area contributed by atoms with Crippen molar-refractivity contribution in [2.24, 2.45) is 0 Å². The number of carbonyl (C=O) groups is 1. The van der Waals surface area contributed by atoms with Crippen molar-refractivity contribution < 1.29 is 13.2 Å². The molecule has 32 heavy (non-hydrogen) atoms. The zero-order valence-electron chi connectivity index (χ0n) is 19.3. The molecule has 8 heteroatoms. The van der Waals surface area contributed by atoms with Crippen LogP contribution in [0.15, 0.2) is 53.4 Å². The fourth-order valence-corrected chi connectivity index (χ4v) is 4.86. The maximum Gasteiger partial charge on any atom is 0.264 e. The number of amides is 1. The average molecular weight is 459 g/mol. The van der Waals surface area contributed by atoms with Crippen LogP contribution >= 0.6 is 0 Å². The van der Waals surface area contributed by atoms with Crippen LogP contribution in [-0.4, -0.2) is 77.5 Å². The lowest BCUT2D eigenvalue weighted by molar-refractivity contribution is 0.0952. The number of likely N-dealkylation sites (N-methyl/N-ethyl adjacent to an activating group) is 1. The number of rotatable bonds is 9. The Morgan fingerprint density at radius 1 is 0.969 bits per heavy atom. The lowest BCUT2D eigenvalue weighted by atomic mass is 10.2. The largest absolute Gasteiger partial charge is 0.352 e. The third kappa shape index (κ3) is 6.31. The van der Waals surface area contributed by atoms with Crippen molar-refractivity contribution in [3.63, 3.8) is 0 Å². The Morgan fingerprint density at radius 3 is 2.22 bits per heavy atom. The smallest absolute Gasteiger partial charge is 0.264 e. The van der Waals surface area contributed by atoms with Crippen molar-refractivity contribution in [1.82, 2.24) is 15.1 Å². The number of hydrogen-bond acceptors (Lipinski definition) is 5. The van der Waals surface area contributed by atoms with E-state index in [2.05, 4.69) is 22.2 Å². The van der Waals surface area contributed by atoms with E-state index in [-0.39, 0.29) is 10.8 Å². The summed E-state index contributed by atoms with van der Waals surface area (Å²) in [4.78, 5) is 17.5. The van der Waals surface area contributed by atoms with Gasteiger partial charge in [0, 0.05) is 45.3 Å². The minimum absolute atomic E-state index is 0.139. The summed E-state index contributed by atoms with van der Waals surface area (Å²) in [5.41, 5.74) is 2.03. The fourth-order valence-electron chi connectivity index (χ4n) is 3.67. The molecule has 0 bridgehead atoms. The van der Waals surface area contributed by atoms with Crippen molar-refractivity contribution in [1.29, 1.82) is 0 Å². The van der Waals surface area contributed by atoms with E-state index in [1.807, 2.05) is 6.92 Å². The molecule has 1 aliphatic rings. The van der Waals surface area contributed by atoms with Crippen molar-refractivity contribution in [3.8, 4) is 0 Å². The molecule has 0 spiro atoms. The zero-order valence-corrected chi connectivity index (χ0v) is 20.1. The fraction of sp³-hybridized carbons (Fsp3) is 0.458. The van der Waals surface area contributed by atoms with Crippen LogP contribution in [0, 0.1) is 6.92 Å². The first-order chi connectivity index (χ1) is 15.3. The first-order valence-corrected chi connectivity index (χ1v) is 12.6. The van der Waals surface area contributed by atoms with Crippen molar-refractivity contribution in [2.75, 3.05) is 57.7 Å². The van der Waals surface area contributed by atoms with E-state index in [0.29, 0.717) is 17.8 Å². The first-order valence-electron chi connectivity index (χ1n) is 11.1. The molecule has 1 heterocycles. The standard InChI is InChI=1S/C24H34N4O3S/c1-20-6-12-23(13-7-20)32(30,31)27(3)22-10-8-21(9-11-22)24(29)25-14-4-5-15-28-18-16-26(2)17-19-28/h6-13H,4-5,14-19H2,1-3H3,(H,25,29). The molecular weight excluding hydrogens is 424 g/mol. The molecule has 2 aromatic carbocycles. The molecule has 0 aliphatic carbocycles. The number of piperazine rings is 1. The quantitative estimate of drug-likeness (QED) is 0.585. The summed E-state index contributed by atoms with van der Waals surface area (Å²) in [6, 6.07) is 13.4. The van der Waals surface area contributed by atoms with Crippen molar-refractivity contribution in [3.05, 3.63) is 59.7 Å². The van der Waals surface area contributed by atoms with Gasteiger partial charge in [0.1, 0.15) is 0 Å². The Morgan fingerprint density at radius 2 is 1.59 bits per heavy atom. The van der Waals surface area contributed by atoms with Gasteiger partial charge in [-0.25, -0.2) is 8.42 Å². The second-order valence-electron chi connectivity index (χ2n) is 8.44. The lowest BCUT2D eigenvalue weighted by Gasteiger charge is -2.32. The normalized spacial score (nSPS) is 15.5. The molecule has 174 valence electrons. The number of anilines is 1. The molecular formula is C24H34N4O3S. The van der Waals surface area contributed by atoms with Gasteiger partial charge in [-0.15, -0.1) is 0 Å². The summed E-state index contributed by atoms with van der Waals surface area (Å²) in [5.74, 6) is -0.139. The number of sulfonamides is 1. The first kappa shape index (κ1) is 24.2. The SMILES string of the molecule is Cc1ccc(S(=O)(=O)N(C)c2ccc(C(=O)NCCCCN3CCN(C)CC3)cc2)cc1. The molecule has 1 N–H and O–H groups in total. The minimum atomic E-state index is -3.65. The second kappa shape index (κ2) is 10.9. The highest BCUT2D eigenvalue weighted by Crippen LogP contribution is 2.22. The second-order valence-corrected chi connectivity index (χ2v) is 10.4. The molecule has 0 atom stereocenters. The van der Waals surface area contributed by atoms with Crippen LogP contribution < -0.4 is 9.62 Å². The number of carbonyl (C=O) groups excluding carboxylic acids is 1. The van der Waals surface area contributed by atoms with Gasteiger partial charge in [0.25, 0.3) is 15.9 Å². The summed E-state index contributed by atoms with van der Waals surface area (Å²) in [6.07, 6.45) is 2.00.